The third kappa shape index (κ3) is 5.72. The number of nitrogens with zero attached hydrogens (tertiary/aromatic N) is 5. The van der Waals surface area contributed by atoms with Gasteiger partial charge in [-0.15, -0.1) is 45.5 Å². The smallest absolute Gasteiger partial charge is 0.191 e. The van der Waals surface area contributed by atoms with Crippen LogP contribution < -0.4 is 10.6 Å². The van der Waals surface area contributed by atoms with Crippen molar-refractivity contribution in [2.75, 3.05) is 13.6 Å². The maximum Gasteiger partial charge on any atom is 0.191 e. The lowest BCUT2D eigenvalue weighted by molar-refractivity contribution is 0.632. The van der Waals surface area contributed by atoms with Gasteiger partial charge in [0.25, 0.3) is 0 Å². The molecule has 2 rings (SSSR count). The molecule has 23 heavy (non-hydrogen) atoms. The molecule has 0 amide bonds. The number of thiazole rings is 1. The molecule has 0 saturated carbocycles. The highest BCUT2D eigenvalue weighted by atomic mass is 127. The van der Waals surface area contributed by atoms with E-state index in [0.29, 0.717) is 6.54 Å². The Morgan fingerprint density at radius 3 is 2.74 bits per heavy atom. The standard InChI is InChI=1S/C14H23N7S.HI/c1-5-12-20-18-9-21(12)7-6-16-14(15-4)17-8-13-19-10(2)11(3)22-13;/h9H,5-8H2,1-4H3,(H2,15,16,17);1H. The summed E-state index contributed by atoms with van der Waals surface area (Å²) in [6, 6.07) is 0. The van der Waals surface area contributed by atoms with E-state index in [1.165, 1.54) is 4.88 Å². The molecule has 2 N–H and O–H groups in total. The summed E-state index contributed by atoms with van der Waals surface area (Å²) in [5.74, 6) is 1.77. The SMILES string of the molecule is CCc1nncn1CCNC(=NC)NCc1nc(C)c(C)s1.I. The predicted molar refractivity (Wildman–Crippen MR) is 105 cm³/mol. The van der Waals surface area contributed by atoms with Crippen molar-refractivity contribution < 1.29 is 0 Å². The van der Waals surface area contributed by atoms with Crippen molar-refractivity contribution in [1.82, 2.24) is 30.4 Å². The van der Waals surface area contributed by atoms with Gasteiger partial charge < -0.3 is 15.2 Å². The van der Waals surface area contributed by atoms with E-state index in [-0.39, 0.29) is 24.0 Å². The van der Waals surface area contributed by atoms with Crippen LogP contribution >= 0.6 is 35.3 Å². The van der Waals surface area contributed by atoms with E-state index in [0.717, 1.165) is 42.0 Å². The molecule has 0 atom stereocenters. The molecule has 0 radical (unpaired) electrons. The molecule has 0 aliphatic heterocycles. The van der Waals surface area contributed by atoms with Crippen molar-refractivity contribution in [3.63, 3.8) is 0 Å². The Morgan fingerprint density at radius 2 is 2.13 bits per heavy atom. The van der Waals surface area contributed by atoms with E-state index in [2.05, 4.69) is 44.7 Å². The minimum atomic E-state index is 0. The molecule has 2 aromatic rings. The molecule has 0 saturated heterocycles. The van der Waals surface area contributed by atoms with E-state index in [1.807, 2.05) is 11.5 Å². The zero-order valence-electron chi connectivity index (χ0n) is 14.0. The van der Waals surface area contributed by atoms with Crippen molar-refractivity contribution in [3.05, 3.63) is 27.7 Å². The highest BCUT2D eigenvalue weighted by Crippen LogP contribution is 2.15. The molecule has 0 spiro atoms. The number of rotatable bonds is 6. The molecule has 7 nitrogen and oxygen atoms in total. The van der Waals surface area contributed by atoms with Crippen LogP contribution in [0.25, 0.3) is 0 Å². The molecule has 2 aromatic heterocycles. The van der Waals surface area contributed by atoms with Gasteiger partial charge in [0, 0.05) is 31.4 Å². The Morgan fingerprint density at radius 1 is 1.35 bits per heavy atom. The molecule has 2 heterocycles. The van der Waals surface area contributed by atoms with E-state index in [4.69, 9.17) is 0 Å². The van der Waals surface area contributed by atoms with Gasteiger partial charge >= 0.3 is 0 Å². The molecular formula is C14H24IN7S. The first kappa shape index (κ1) is 19.8. The second-order valence-electron chi connectivity index (χ2n) is 4.90. The van der Waals surface area contributed by atoms with Crippen LogP contribution in [-0.2, 0) is 19.5 Å². The maximum atomic E-state index is 4.51. The highest BCUT2D eigenvalue weighted by Gasteiger charge is 2.05. The molecule has 0 aromatic carbocycles. The molecule has 9 heteroatoms. The average molecular weight is 449 g/mol. The Kier molecular flexibility index (Phi) is 8.45. The Labute approximate surface area is 158 Å². The van der Waals surface area contributed by atoms with Crippen molar-refractivity contribution in [2.24, 2.45) is 4.99 Å². The van der Waals surface area contributed by atoms with E-state index >= 15 is 0 Å². The highest BCUT2D eigenvalue weighted by molar-refractivity contribution is 14.0. The summed E-state index contributed by atoms with van der Waals surface area (Å²) in [4.78, 5) is 10.0. The summed E-state index contributed by atoms with van der Waals surface area (Å²) in [7, 11) is 1.77. The summed E-state index contributed by atoms with van der Waals surface area (Å²) in [5.41, 5.74) is 1.10. The molecule has 128 valence electrons. The fraction of sp³-hybridized carbons (Fsp3) is 0.571. The summed E-state index contributed by atoms with van der Waals surface area (Å²) >= 11 is 1.72. The fourth-order valence-corrected chi connectivity index (χ4v) is 2.90. The first-order valence-corrected chi connectivity index (χ1v) is 8.19. The number of hydrogen-bond acceptors (Lipinski definition) is 5. The first-order chi connectivity index (χ1) is 10.6. The van der Waals surface area contributed by atoms with Gasteiger partial charge in [0.1, 0.15) is 17.2 Å². The zero-order chi connectivity index (χ0) is 15.9. The van der Waals surface area contributed by atoms with Crippen LogP contribution in [0.5, 0.6) is 0 Å². The van der Waals surface area contributed by atoms with Crippen LogP contribution in [0.1, 0.15) is 28.3 Å². The van der Waals surface area contributed by atoms with Gasteiger partial charge in [-0.05, 0) is 13.8 Å². The van der Waals surface area contributed by atoms with Crippen LogP contribution in [0.4, 0.5) is 0 Å². The Bertz CT molecular complexity index is 615. The second-order valence-corrected chi connectivity index (χ2v) is 6.18. The van der Waals surface area contributed by atoms with Gasteiger partial charge in [-0.1, -0.05) is 6.92 Å². The van der Waals surface area contributed by atoms with Crippen LogP contribution in [0.3, 0.4) is 0 Å². The largest absolute Gasteiger partial charge is 0.355 e. The number of aromatic nitrogens is 4. The lowest BCUT2D eigenvalue weighted by Gasteiger charge is -2.11. The van der Waals surface area contributed by atoms with Crippen LogP contribution in [-0.4, -0.2) is 39.3 Å². The van der Waals surface area contributed by atoms with E-state index in [1.54, 1.807) is 24.7 Å². The van der Waals surface area contributed by atoms with Gasteiger partial charge in [0.05, 0.1) is 12.2 Å². The topological polar surface area (TPSA) is 80.0 Å². The number of aryl methyl sites for hydroxylation is 3. The Balaban J connectivity index is 0.00000264. The lowest BCUT2D eigenvalue weighted by Crippen LogP contribution is -2.38. The summed E-state index contributed by atoms with van der Waals surface area (Å²) in [6.45, 7) is 8.46. The molecular weight excluding hydrogens is 425 g/mol. The number of guanidine groups is 1. The molecule has 0 fully saturated rings. The van der Waals surface area contributed by atoms with Crippen molar-refractivity contribution in [1.29, 1.82) is 0 Å². The maximum absolute atomic E-state index is 4.51. The monoisotopic (exact) mass is 449 g/mol. The van der Waals surface area contributed by atoms with E-state index in [9.17, 15) is 0 Å². The van der Waals surface area contributed by atoms with Crippen molar-refractivity contribution in [2.45, 2.75) is 40.3 Å². The normalized spacial score (nSPS) is 11.2. The van der Waals surface area contributed by atoms with Gasteiger partial charge in [-0.25, -0.2) is 4.98 Å². The molecule has 0 aliphatic carbocycles. The summed E-state index contributed by atoms with van der Waals surface area (Å²) in [5, 5.41) is 15.6. The van der Waals surface area contributed by atoms with Crippen molar-refractivity contribution in [3.8, 4) is 0 Å². The van der Waals surface area contributed by atoms with Crippen LogP contribution in [0.2, 0.25) is 0 Å². The third-order valence-corrected chi connectivity index (χ3v) is 4.43. The van der Waals surface area contributed by atoms with E-state index < -0.39 is 0 Å². The van der Waals surface area contributed by atoms with Gasteiger partial charge in [-0.2, -0.15) is 0 Å². The minimum Gasteiger partial charge on any atom is -0.355 e. The number of halogens is 1. The fourth-order valence-electron chi connectivity index (χ4n) is 2.03. The van der Waals surface area contributed by atoms with Crippen molar-refractivity contribution >= 4 is 41.3 Å². The number of aliphatic imine (C=N–C) groups is 1. The Hall–Kier alpha value is -1.23. The summed E-state index contributed by atoms with van der Waals surface area (Å²) in [6.07, 6.45) is 2.65. The molecule has 0 unspecified atom stereocenters. The average Bonchev–Trinajstić information content (AvgIpc) is 3.09. The van der Waals surface area contributed by atoms with Crippen LogP contribution in [0.15, 0.2) is 11.3 Å². The van der Waals surface area contributed by atoms with Gasteiger partial charge in [0.15, 0.2) is 5.96 Å². The number of nitrogens with one attached hydrogen (secondary N) is 2. The molecule has 0 bridgehead atoms. The minimum absolute atomic E-state index is 0. The van der Waals surface area contributed by atoms with Crippen LogP contribution in [0, 0.1) is 13.8 Å². The lowest BCUT2D eigenvalue weighted by atomic mass is 10.4. The van der Waals surface area contributed by atoms with Gasteiger partial charge in [-0.3, -0.25) is 4.99 Å². The quantitative estimate of drug-likeness (QED) is 0.400. The first-order valence-electron chi connectivity index (χ1n) is 7.38. The second kappa shape index (κ2) is 9.81. The van der Waals surface area contributed by atoms with Gasteiger partial charge in [0.2, 0.25) is 0 Å². The molecule has 0 aliphatic rings. The third-order valence-electron chi connectivity index (χ3n) is 3.36. The summed E-state index contributed by atoms with van der Waals surface area (Å²) < 4.78 is 2.05. The zero-order valence-corrected chi connectivity index (χ0v) is 17.1. The predicted octanol–water partition coefficient (Wildman–Crippen LogP) is 1.90. The number of hydrogen-bond donors (Lipinski definition) is 2.